The van der Waals surface area contributed by atoms with Gasteiger partial charge in [-0.05, 0) is 24.3 Å². The molecule has 0 aliphatic carbocycles. The van der Waals surface area contributed by atoms with E-state index in [1.165, 1.54) is 4.88 Å². The average Bonchev–Trinajstić information content (AvgIpc) is 3.02. The van der Waals surface area contributed by atoms with Gasteiger partial charge in [0.15, 0.2) is 5.96 Å². The second-order valence-corrected chi connectivity index (χ2v) is 7.07. The molecule has 1 aliphatic heterocycles. The molecule has 1 fully saturated rings. The third-order valence-corrected chi connectivity index (χ3v) is 5.05. The third-order valence-electron chi connectivity index (χ3n) is 3.81. The molecule has 0 spiro atoms. The van der Waals surface area contributed by atoms with Crippen LogP contribution in [0.3, 0.4) is 0 Å². The molecule has 0 bridgehead atoms. The second kappa shape index (κ2) is 7.66. The van der Waals surface area contributed by atoms with Crippen molar-refractivity contribution in [2.75, 3.05) is 38.1 Å². The fraction of sp³-hybridized carbons (Fsp3) is 0.375. The van der Waals surface area contributed by atoms with Crippen molar-refractivity contribution in [2.24, 2.45) is 4.99 Å². The first-order chi connectivity index (χ1) is 11.3. The van der Waals surface area contributed by atoms with Crippen molar-refractivity contribution in [3.8, 4) is 0 Å². The molecule has 7 heteroatoms. The van der Waals surface area contributed by atoms with Crippen molar-refractivity contribution in [3.63, 3.8) is 0 Å². The molecule has 5 nitrogen and oxygen atoms in total. The summed E-state index contributed by atoms with van der Waals surface area (Å²) < 4.78 is 0.820. The number of thiophene rings is 1. The molecule has 0 atom stereocenters. The Balaban J connectivity index is 1.53. The average molecular weight is 350 g/mol. The van der Waals surface area contributed by atoms with E-state index in [1.54, 1.807) is 11.3 Å². The van der Waals surface area contributed by atoms with Gasteiger partial charge in [-0.2, -0.15) is 0 Å². The van der Waals surface area contributed by atoms with Gasteiger partial charge in [0.2, 0.25) is 0 Å². The number of aromatic nitrogens is 1. The van der Waals surface area contributed by atoms with E-state index in [0.29, 0.717) is 0 Å². The van der Waals surface area contributed by atoms with Crippen LogP contribution in [0.1, 0.15) is 4.88 Å². The van der Waals surface area contributed by atoms with Crippen LogP contribution in [0.5, 0.6) is 0 Å². The standard InChI is InChI=1S/C16H20ClN5S/c1-18-16(20-12-13-5-6-14(17)23-13)22-10-8-21(9-11-22)15-4-2-3-7-19-15/h2-7H,8-12H2,1H3,(H,18,20). The Morgan fingerprint density at radius 2 is 2.09 bits per heavy atom. The van der Waals surface area contributed by atoms with Gasteiger partial charge >= 0.3 is 0 Å². The number of guanidine groups is 1. The topological polar surface area (TPSA) is 43.8 Å². The van der Waals surface area contributed by atoms with Crippen LogP contribution in [0, 0.1) is 0 Å². The lowest BCUT2D eigenvalue weighted by atomic mass is 10.3. The number of anilines is 1. The van der Waals surface area contributed by atoms with Crippen LogP contribution in [0.4, 0.5) is 5.82 Å². The van der Waals surface area contributed by atoms with Crippen LogP contribution < -0.4 is 10.2 Å². The first-order valence-corrected chi connectivity index (χ1v) is 8.81. The monoisotopic (exact) mass is 349 g/mol. The number of piperazine rings is 1. The number of hydrogen-bond donors (Lipinski definition) is 1. The molecule has 122 valence electrons. The molecule has 2 aromatic heterocycles. The van der Waals surface area contributed by atoms with Gasteiger partial charge in [0.05, 0.1) is 10.9 Å². The minimum Gasteiger partial charge on any atom is -0.353 e. The summed E-state index contributed by atoms with van der Waals surface area (Å²) in [6.07, 6.45) is 1.84. The largest absolute Gasteiger partial charge is 0.353 e. The van der Waals surface area contributed by atoms with Gasteiger partial charge in [-0.15, -0.1) is 11.3 Å². The molecule has 0 saturated carbocycles. The van der Waals surface area contributed by atoms with Gasteiger partial charge in [-0.3, -0.25) is 4.99 Å². The minimum absolute atomic E-state index is 0.754. The van der Waals surface area contributed by atoms with E-state index >= 15 is 0 Å². The zero-order valence-corrected chi connectivity index (χ0v) is 14.6. The van der Waals surface area contributed by atoms with Crippen molar-refractivity contribution in [1.82, 2.24) is 15.2 Å². The van der Waals surface area contributed by atoms with Gasteiger partial charge in [0, 0.05) is 44.3 Å². The fourth-order valence-electron chi connectivity index (χ4n) is 2.63. The van der Waals surface area contributed by atoms with Crippen molar-refractivity contribution >= 4 is 34.7 Å². The molecular weight excluding hydrogens is 330 g/mol. The maximum Gasteiger partial charge on any atom is 0.194 e. The molecule has 1 saturated heterocycles. The van der Waals surface area contributed by atoms with Gasteiger partial charge in [-0.25, -0.2) is 4.98 Å². The number of halogens is 1. The van der Waals surface area contributed by atoms with E-state index in [2.05, 4.69) is 31.2 Å². The Hall–Kier alpha value is -1.79. The molecule has 23 heavy (non-hydrogen) atoms. The molecular formula is C16H20ClN5S. The maximum atomic E-state index is 5.97. The summed E-state index contributed by atoms with van der Waals surface area (Å²) in [6.45, 7) is 4.51. The first kappa shape index (κ1) is 16.1. The summed E-state index contributed by atoms with van der Waals surface area (Å²) in [5, 5.41) is 3.42. The van der Waals surface area contributed by atoms with Crippen LogP contribution >= 0.6 is 22.9 Å². The Labute approximate surface area is 145 Å². The van der Waals surface area contributed by atoms with Crippen LogP contribution in [0.25, 0.3) is 0 Å². The highest BCUT2D eigenvalue weighted by Crippen LogP contribution is 2.21. The summed E-state index contributed by atoms with van der Waals surface area (Å²) in [7, 11) is 1.83. The molecule has 3 heterocycles. The molecule has 0 radical (unpaired) electrons. The fourth-order valence-corrected chi connectivity index (χ4v) is 3.66. The summed E-state index contributed by atoms with van der Waals surface area (Å²) in [5.74, 6) is 1.98. The summed E-state index contributed by atoms with van der Waals surface area (Å²) in [6, 6.07) is 10.0. The number of nitrogens with zero attached hydrogens (tertiary/aromatic N) is 4. The van der Waals surface area contributed by atoms with Gasteiger partial charge < -0.3 is 15.1 Å². The van der Waals surface area contributed by atoms with Crippen LogP contribution in [0.15, 0.2) is 41.5 Å². The minimum atomic E-state index is 0.754. The SMILES string of the molecule is CN=C(NCc1ccc(Cl)s1)N1CCN(c2ccccn2)CC1. The first-order valence-electron chi connectivity index (χ1n) is 7.62. The lowest BCUT2D eigenvalue weighted by Gasteiger charge is -2.37. The van der Waals surface area contributed by atoms with E-state index in [9.17, 15) is 0 Å². The maximum absolute atomic E-state index is 5.97. The van der Waals surface area contributed by atoms with Crippen LogP contribution in [-0.4, -0.2) is 49.1 Å². The highest BCUT2D eigenvalue weighted by atomic mass is 35.5. The van der Waals surface area contributed by atoms with Gasteiger partial charge in [0.25, 0.3) is 0 Å². The van der Waals surface area contributed by atoms with Crippen molar-refractivity contribution in [2.45, 2.75) is 6.54 Å². The predicted molar refractivity (Wildman–Crippen MR) is 97.6 cm³/mol. The van der Waals surface area contributed by atoms with Crippen molar-refractivity contribution in [3.05, 3.63) is 45.7 Å². The second-order valence-electron chi connectivity index (χ2n) is 5.27. The van der Waals surface area contributed by atoms with Crippen molar-refractivity contribution in [1.29, 1.82) is 0 Å². The molecule has 0 aromatic carbocycles. The number of rotatable bonds is 3. The van der Waals surface area contributed by atoms with E-state index in [-0.39, 0.29) is 0 Å². The molecule has 0 unspecified atom stereocenters. The predicted octanol–water partition coefficient (Wildman–Crippen LogP) is 2.69. The summed E-state index contributed by atoms with van der Waals surface area (Å²) in [5.41, 5.74) is 0. The molecule has 3 rings (SSSR count). The molecule has 2 aromatic rings. The molecule has 0 amide bonds. The van der Waals surface area contributed by atoms with E-state index in [1.807, 2.05) is 37.5 Å². The van der Waals surface area contributed by atoms with Crippen molar-refractivity contribution < 1.29 is 0 Å². The highest BCUT2D eigenvalue weighted by molar-refractivity contribution is 7.16. The number of aliphatic imine (C=N–C) groups is 1. The zero-order chi connectivity index (χ0) is 16.1. The van der Waals surface area contributed by atoms with E-state index < -0.39 is 0 Å². The Morgan fingerprint density at radius 1 is 1.26 bits per heavy atom. The number of nitrogens with one attached hydrogen (secondary N) is 1. The van der Waals surface area contributed by atoms with Gasteiger partial charge in [-0.1, -0.05) is 17.7 Å². The molecule has 1 N–H and O–H groups in total. The van der Waals surface area contributed by atoms with Crippen LogP contribution in [0.2, 0.25) is 4.34 Å². The van der Waals surface area contributed by atoms with E-state index in [4.69, 9.17) is 11.6 Å². The molecule has 1 aliphatic rings. The Morgan fingerprint density at radius 3 is 2.70 bits per heavy atom. The smallest absolute Gasteiger partial charge is 0.194 e. The van der Waals surface area contributed by atoms with Gasteiger partial charge in [0.1, 0.15) is 5.82 Å². The highest BCUT2D eigenvalue weighted by Gasteiger charge is 2.20. The Kier molecular flexibility index (Phi) is 5.35. The van der Waals surface area contributed by atoms with Crippen LogP contribution in [-0.2, 0) is 6.54 Å². The normalized spacial score (nSPS) is 15.8. The lowest BCUT2D eigenvalue weighted by Crippen LogP contribution is -2.52. The summed E-state index contributed by atoms with van der Waals surface area (Å²) in [4.78, 5) is 14.6. The quantitative estimate of drug-likeness (QED) is 0.683. The number of pyridine rings is 1. The lowest BCUT2D eigenvalue weighted by molar-refractivity contribution is 0.371. The third kappa shape index (κ3) is 4.14. The Bertz CT molecular complexity index is 650. The zero-order valence-electron chi connectivity index (χ0n) is 13.1. The number of hydrogen-bond acceptors (Lipinski definition) is 4. The van der Waals surface area contributed by atoms with E-state index in [0.717, 1.165) is 48.8 Å². The summed E-state index contributed by atoms with van der Waals surface area (Å²) >= 11 is 7.57.